The van der Waals surface area contributed by atoms with Gasteiger partial charge < -0.3 is 11.1 Å². The first kappa shape index (κ1) is 19.1. The van der Waals surface area contributed by atoms with E-state index in [1.807, 2.05) is 24.3 Å². The van der Waals surface area contributed by atoms with Crippen molar-refractivity contribution in [2.45, 2.75) is 56.5 Å². The maximum Gasteiger partial charge on any atom is 0.291 e. The number of nitrogens with zero attached hydrogens (tertiary/aromatic N) is 3. The van der Waals surface area contributed by atoms with Crippen molar-refractivity contribution in [1.29, 1.82) is 0 Å². The molecule has 0 aliphatic heterocycles. The molecule has 1 amide bonds. The second-order valence-corrected chi connectivity index (χ2v) is 7.42. The number of aromatic nitrogens is 3. The summed E-state index contributed by atoms with van der Waals surface area (Å²) in [4.78, 5) is 17.1. The number of hydrogen-bond acceptors (Lipinski definition) is 4. The molecule has 1 heterocycles. The highest BCUT2D eigenvalue weighted by Crippen LogP contribution is 2.40. The van der Waals surface area contributed by atoms with Gasteiger partial charge in [0.25, 0.3) is 5.91 Å². The van der Waals surface area contributed by atoms with Crippen molar-refractivity contribution in [3.63, 3.8) is 0 Å². The van der Waals surface area contributed by atoms with Crippen molar-refractivity contribution in [2.75, 3.05) is 0 Å². The molecule has 3 N–H and O–H groups in total. The summed E-state index contributed by atoms with van der Waals surface area (Å²) in [5.41, 5.74) is 6.69. The third-order valence-corrected chi connectivity index (χ3v) is 5.29. The molecule has 4 rings (SSSR count). The van der Waals surface area contributed by atoms with Gasteiger partial charge in [-0.15, -0.1) is 17.5 Å². The monoisotopic (exact) mass is 395 g/mol. The number of para-hydroxylation sites is 1. The summed E-state index contributed by atoms with van der Waals surface area (Å²) < 4.78 is 1.73. The molecule has 26 heavy (non-hydrogen) atoms. The summed E-state index contributed by atoms with van der Waals surface area (Å²) in [6.07, 6.45) is 5.86. The van der Waals surface area contributed by atoms with Crippen molar-refractivity contribution < 1.29 is 4.79 Å². The maximum absolute atomic E-state index is 12.6. The van der Waals surface area contributed by atoms with Gasteiger partial charge in [0.1, 0.15) is 5.82 Å². The van der Waals surface area contributed by atoms with Crippen molar-refractivity contribution in [1.82, 2.24) is 20.1 Å². The van der Waals surface area contributed by atoms with E-state index in [0.717, 1.165) is 50.0 Å². The smallest absolute Gasteiger partial charge is 0.291 e. The Bertz CT molecular complexity index is 782. The van der Waals surface area contributed by atoms with E-state index in [-0.39, 0.29) is 36.2 Å². The molecule has 0 radical (unpaired) electrons. The molecule has 0 atom stereocenters. The summed E-state index contributed by atoms with van der Waals surface area (Å²) in [5.74, 6) is 1.19. The van der Waals surface area contributed by atoms with Gasteiger partial charge in [0.2, 0.25) is 5.82 Å². The fourth-order valence-corrected chi connectivity index (χ4v) is 3.56. The standard InChI is InChI=1S/C18H22ClN5O.ClH/c19-14-3-1-2-4-15(14)24-17(11-5-6-11)22-16(23-24)18(25)21-13-9-7-12(20)8-10-13;/h1-4,11-13H,5-10,20H2,(H,21,25);1H. The van der Waals surface area contributed by atoms with Crippen LogP contribution in [-0.2, 0) is 0 Å². The highest BCUT2D eigenvalue weighted by Gasteiger charge is 2.32. The van der Waals surface area contributed by atoms with E-state index in [4.69, 9.17) is 17.3 Å². The lowest BCUT2D eigenvalue weighted by molar-refractivity contribution is 0.0915. The maximum atomic E-state index is 12.6. The normalized spacial score (nSPS) is 22.5. The van der Waals surface area contributed by atoms with Crippen LogP contribution in [0.3, 0.4) is 0 Å². The van der Waals surface area contributed by atoms with Crippen LogP contribution in [0.1, 0.15) is 60.9 Å². The molecule has 0 spiro atoms. The number of hydrogen-bond donors (Lipinski definition) is 2. The highest BCUT2D eigenvalue weighted by molar-refractivity contribution is 6.32. The first-order valence-electron chi connectivity index (χ1n) is 8.90. The minimum absolute atomic E-state index is 0. The molecule has 0 unspecified atom stereocenters. The summed E-state index contributed by atoms with van der Waals surface area (Å²) in [6, 6.07) is 7.91. The van der Waals surface area contributed by atoms with Crippen LogP contribution >= 0.6 is 24.0 Å². The fraction of sp³-hybridized carbons (Fsp3) is 0.500. The average Bonchev–Trinajstić information content (AvgIpc) is 3.36. The van der Waals surface area contributed by atoms with Gasteiger partial charge >= 0.3 is 0 Å². The third-order valence-electron chi connectivity index (χ3n) is 4.97. The van der Waals surface area contributed by atoms with Gasteiger partial charge in [-0.05, 0) is 50.7 Å². The number of amides is 1. The van der Waals surface area contributed by atoms with Gasteiger partial charge in [0.15, 0.2) is 0 Å². The Kier molecular flexibility index (Phi) is 5.85. The Hall–Kier alpha value is -1.63. The zero-order valence-electron chi connectivity index (χ0n) is 14.4. The second-order valence-electron chi connectivity index (χ2n) is 7.02. The third kappa shape index (κ3) is 4.03. The number of benzene rings is 1. The van der Waals surface area contributed by atoms with Gasteiger partial charge in [-0.3, -0.25) is 4.79 Å². The summed E-state index contributed by atoms with van der Waals surface area (Å²) in [7, 11) is 0. The van der Waals surface area contributed by atoms with E-state index in [2.05, 4.69) is 15.4 Å². The second kappa shape index (κ2) is 7.94. The predicted molar refractivity (Wildman–Crippen MR) is 103 cm³/mol. The Morgan fingerprint density at radius 2 is 1.85 bits per heavy atom. The quantitative estimate of drug-likeness (QED) is 0.831. The van der Waals surface area contributed by atoms with E-state index in [1.165, 1.54) is 0 Å². The Labute approximate surface area is 163 Å². The van der Waals surface area contributed by atoms with E-state index >= 15 is 0 Å². The predicted octanol–water partition coefficient (Wildman–Crippen LogP) is 3.22. The molecule has 0 saturated heterocycles. The van der Waals surface area contributed by atoms with Crippen LogP contribution in [0, 0.1) is 0 Å². The highest BCUT2D eigenvalue weighted by atomic mass is 35.5. The summed E-state index contributed by atoms with van der Waals surface area (Å²) in [6.45, 7) is 0. The molecule has 2 aromatic rings. The lowest BCUT2D eigenvalue weighted by atomic mass is 9.92. The van der Waals surface area contributed by atoms with Crippen LogP contribution < -0.4 is 11.1 Å². The van der Waals surface area contributed by atoms with Gasteiger partial charge in [0.05, 0.1) is 10.7 Å². The van der Waals surface area contributed by atoms with E-state index in [9.17, 15) is 4.79 Å². The van der Waals surface area contributed by atoms with E-state index in [0.29, 0.717) is 10.9 Å². The number of nitrogens with one attached hydrogen (secondary N) is 1. The number of rotatable bonds is 4. The number of nitrogens with two attached hydrogens (primary N) is 1. The molecule has 2 saturated carbocycles. The summed E-state index contributed by atoms with van der Waals surface area (Å²) in [5, 5.41) is 8.12. The fourth-order valence-electron chi connectivity index (χ4n) is 3.34. The molecule has 140 valence electrons. The lowest BCUT2D eigenvalue weighted by Crippen LogP contribution is -2.40. The Morgan fingerprint density at radius 3 is 2.50 bits per heavy atom. The van der Waals surface area contributed by atoms with E-state index < -0.39 is 0 Å². The Morgan fingerprint density at radius 1 is 1.15 bits per heavy atom. The number of halogens is 2. The van der Waals surface area contributed by atoms with Crippen LogP contribution in [-0.4, -0.2) is 32.8 Å². The molecule has 1 aromatic carbocycles. The van der Waals surface area contributed by atoms with Crippen LogP contribution in [0.4, 0.5) is 0 Å². The van der Waals surface area contributed by atoms with Crippen molar-refractivity contribution in [3.8, 4) is 5.69 Å². The van der Waals surface area contributed by atoms with Crippen LogP contribution in [0.15, 0.2) is 24.3 Å². The average molecular weight is 396 g/mol. The molecule has 2 aliphatic carbocycles. The van der Waals surface area contributed by atoms with Crippen molar-refractivity contribution in [2.24, 2.45) is 5.73 Å². The summed E-state index contributed by atoms with van der Waals surface area (Å²) >= 11 is 6.31. The zero-order chi connectivity index (χ0) is 17.4. The van der Waals surface area contributed by atoms with Gasteiger partial charge in [-0.1, -0.05) is 23.7 Å². The molecule has 6 nitrogen and oxygen atoms in total. The molecular weight excluding hydrogens is 373 g/mol. The molecule has 1 aromatic heterocycles. The molecule has 2 aliphatic rings. The Balaban J connectivity index is 0.00000196. The molecule has 8 heteroatoms. The van der Waals surface area contributed by atoms with Crippen molar-refractivity contribution in [3.05, 3.63) is 40.9 Å². The van der Waals surface area contributed by atoms with Gasteiger partial charge in [-0.25, -0.2) is 9.67 Å². The van der Waals surface area contributed by atoms with Crippen LogP contribution in [0.2, 0.25) is 5.02 Å². The lowest BCUT2D eigenvalue weighted by Gasteiger charge is -2.26. The van der Waals surface area contributed by atoms with Crippen LogP contribution in [0.5, 0.6) is 0 Å². The minimum atomic E-state index is -0.215. The molecule has 2 fully saturated rings. The van der Waals surface area contributed by atoms with Gasteiger partial charge in [0, 0.05) is 18.0 Å². The van der Waals surface area contributed by atoms with Crippen LogP contribution in [0.25, 0.3) is 5.69 Å². The van der Waals surface area contributed by atoms with Crippen molar-refractivity contribution >= 4 is 29.9 Å². The number of carbonyl (C=O) groups excluding carboxylic acids is 1. The first-order chi connectivity index (χ1) is 12.1. The van der Waals surface area contributed by atoms with E-state index in [1.54, 1.807) is 4.68 Å². The largest absolute Gasteiger partial charge is 0.347 e. The first-order valence-corrected chi connectivity index (χ1v) is 9.28. The zero-order valence-corrected chi connectivity index (χ0v) is 16.0. The topological polar surface area (TPSA) is 85.8 Å². The number of carbonyl (C=O) groups is 1. The molecule has 0 bridgehead atoms. The minimum Gasteiger partial charge on any atom is -0.347 e. The molecular formula is C18H23Cl2N5O. The van der Waals surface area contributed by atoms with Gasteiger partial charge in [-0.2, -0.15) is 0 Å². The SMILES string of the molecule is Cl.NC1CCC(NC(=O)c2nc(C3CC3)n(-c3ccccc3Cl)n2)CC1.